The van der Waals surface area contributed by atoms with E-state index in [-0.39, 0.29) is 24.8 Å². The standard InChI is InChI=1S/C21H28N2O2.2ClH/c1-17-8-9-21(18(2)14-17)25-16-20(24)15-22-10-12-23(13-11-22)19-6-4-3-5-7-19;;/h3-9,14,20,24H,10-13,15-16H2,1-2H3;2*1H/p-2. The van der Waals surface area contributed by atoms with Gasteiger partial charge in [0.15, 0.2) is 0 Å². The predicted octanol–water partition coefficient (Wildman–Crippen LogP) is -3.13. The molecular weight excluding hydrogens is 383 g/mol. The van der Waals surface area contributed by atoms with Gasteiger partial charge in [-0.1, -0.05) is 35.9 Å². The molecule has 0 amide bonds. The molecule has 27 heavy (non-hydrogen) atoms. The number of anilines is 1. The monoisotopic (exact) mass is 410 g/mol. The van der Waals surface area contributed by atoms with Gasteiger partial charge >= 0.3 is 0 Å². The second-order valence-electron chi connectivity index (χ2n) is 6.86. The van der Waals surface area contributed by atoms with E-state index in [1.807, 2.05) is 25.1 Å². The highest BCUT2D eigenvalue weighted by atomic mass is 35.5. The van der Waals surface area contributed by atoms with Gasteiger partial charge in [0.25, 0.3) is 0 Å². The summed E-state index contributed by atoms with van der Waals surface area (Å²) in [7, 11) is 0. The molecule has 4 nitrogen and oxygen atoms in total. The highest BCUT2D eigenvalue weighted by Crippen LogP contribution is 2.19. The minimum atomic E-state index is -0.469. The van der Waals surface area contributed by atoms with Crippen molar-refractivity contribution in [1.82, 2.24) is 4.90 Å². The number of para-hydroxylation sites is 1. The van der Waals surface area contributed by atoms with Gasteiger partial charge in [0.1, 0.15) is 18.5 Å². The predicted molar refractivity (Wildman–Crippen MR) is 103 cm³/mol. The van der Waals surface area contributed by atoms with Crippen molar-refractivity contribution in [1.29, 1.82) is 0 Å². The minimum absolute atomic E-state index is 0. The van der Waals surface area contributed by atoms with E-state index in [4.69, 9.17) is 4.74 Å². The summed E-state index contributed by atoms with van der Waals surface area (Å²) in [6, 6.07) is 16.6. The molecule has 0 aliphatic carbocycles. The number of aliphatic hydroxyl groups excluding tert-OH is 1. The van der Waals surface area contributed by atoms with Crippen LogP contribution in [0.2, 0.25) is 0 Å². The Labute approximate surface area is 175 Å². The van der Waals surface area contributed by atoms with Gasteiger partial charge in [-0.25, -0.2) is 0 Å². The molecule has 1 saturated heterocycles. The Hall–Kier alpha value is -1.46. The third-order valence-electron chi connectivity index (χ3n) is 4.72. The van der Waals surface area contributed by atoms with E-state index >= 15 is 0 Å². The van der Waals surface area contributed by atoms with Crippen molar-refractivity contribution < 1.29 is 34.7 Å². The Bertz CT molecular complexity index is 677. The van der Waals surface area contributed by atoms with Gasteiger partial charge in [0.2, 0.25) is 0 Å². The fraction of sp³-hybridized carbons (Fsp3) is 0.429. The molecule has 150 valence electrons. The largest absolute Gasteiger partial charge is 1.00 e. The molecule has 0 aromatic heterocycles. The second-order valence-corrected chi connectivity index (χ2v) is 6.86. The summed E-state index contributed by atoms with van der Waals surface area (Å²) in [5, 5.41) is 10.3. The number of ether oxygens (including phenoxy) is 1. The van der Waals surface area contributed by atoms with Crippen LogP contribution in [0.25, 0.3) is 0 Å². The molecule has 0 saturated carbocycles. The van der Waals surface area contributed by atoms with Gasteiger partial charge in [-0.05, 0) is 37.6 Å². The molecule has 3 rings (SSSR count). The van der Waals surface area contributed by atoms with Crippen molar-refractivity contribution in [3.63, 3.8) is 0 Å². The maximum Gasteiger partial charge on any atom is 0.122 e. The van der Waals surface area contributed by atoms with Crippen LogP contribution < -0.4 is 34.5 Å². The first kappa shape index (κ1) is 23.6. The number of β-amino-alcohol motifs (C(OH)–C–C–N with tert-alkyl or cyclic N) is 1. The fourth-order valence-corrected chi connectivity index (χ4v) is 3.33. The summed E-state index contributed by atoms with van der Waals surface area (Å²) in [5.74, 6) is 0.860. The van der Waals surface area contributed by atoms with E-state index in [9.17, 15) is 5.11 Å². The van der Waals surface area contributed by atoms with Crippen LogP contribution in [0, 0.1) is 13.8 Å². The average Bonchev–Trinajstić information content (AvgIpc) is 2.62. The Morgan fingerprint density at radius 3 is 2.26 bits per heavy atom. The molecule has 0 spiro atoms. The maximum absolute atomic E-state index is 10.3. The highest BCUT2D eigenvalue weighted by Gasteiger charge is 2.19. The van der Waals surface area contributed by atoms with E-state index in [0.29, 0.717) is 13.2 Å². The number of aryl methyl sites for hydroxylation is 2. The summed E-state index contributed by atoms with van der Waals surface area (Å²) in [6.45, 7) is 9.03. The molecule has 1 N–H and O–H groups in total. The van der Waals surface area contributed by atoms with E-state index < -0.39 is 6.10 Å². The highest BCUT2D eigenvalue weighted by molar-refractivity contribution is 5.46. The van der Waals surface area contributed by atoms with Crippen LogP contribution in [0.4, 0.5) is 5.69 Å². The van der Waals surface area contributed by atoms with Crippen molar-refractivity contribution >= 4 is 5.69 Å². The van der Waals surface area contributed by atoms with Crippen molar-refractivity contribution in [3.8, 4) is 5.75 Å². The van der Waals surface area contributed by atoms with Crippen molar-refractivity contribution in [3.05, 3.63) is 59.7 Å². The van der Waals surface area contributed by atoms with Crippen molar-refractivity contribution in [2.24, 2.45) is 0 Å². The Morgan fingerprint density at radius 1 is 0.963 bits per heavy atom. The van der Waals surface area contributed by atoms with Gasteiger partial charge in [-0.2, -0.15) is 0 Å². The lowest BCUT2D eigenvalue weighted by atomic mass is 10.1. The number of aliphatic hydroxyl groups is 1. The molecule has 1 aliphatic rings. The fourth-order valence-electron chi connectivity index (χ4n) is 3.33. The summed E-state index contributed by atoms with van der Waals surface area (Å²) in [4.78, 5) is 4.71. The first-order valence-electron chi connectivity index (χ1n) is 9.02. The lowest BCUT2D eigenvalue weighted by molar-refractivity contribution is -0.00100. The van der Waals surface area contributed by atoms with Crippen LogP contribution in [-0.4, -0.2) is 55.4 Å². The number of nitrogens with zero attached hydrogens (tertiary/aromatic N) is 2. The van der Waals surface area contributed by atoms with Crippen LogP contribution in [0.1, 0.15) is 11.1 Å². The van der Waals surface area contributed by atoms with Crippen LogP contribution >= 0.6 is 0 Å². The molecule has 1 unspecified atom stereocenters. The third-order valence-corrected chi connectivity index (χ3v) is 4.72. The lowest BCUT2D eigenvalue weighted by Crippen LogP contribution is -3.00. The molecule has 6 heteroatoms. The van der Waals surface area contributed by atoms with Gasteiger partial charge in [-0.15, -0.1) is 0 Å². The first-order chi connectivity index (χ1) is 12.1. The van der Waals surface area contributed by atoms with Gasteiger partial charge < -0.3 is 39.6 Å². The Balaban J connectivity index is 0.00000182. The van der Waals surface area contributed by atoms with Gasteiger partial charge in [-0.3, -0.25) is 4.90 Å². The Morgan fingerprint density at radius 2 is 1.63 bits per heavy atom. The number of rotatable bonds is 6. The smallest absolute Gasteiger partial charge is 0.122 e. The molecule has 0 bridgehead atoms. The average molecular weight is 411 g/mol. The second kappa shape index (κ2) is 11.4. The summed E-state index contributed by atoms with van der Waals surface area (Å²) in [6.07, 6.45) is -0.469. The molecule has 1 heterocycles. The van der Waals surface area contributed by atoms with E-state index in [1.165, 1.54) is 11.3 Å². The lowest BCUT2D eigenvalue weighted by Gasteiger charge is -2.36. The topological polar surface area (TPSA) is 35.9 Å². The third kappa shape index (κ3) is 6.89. The van der Waals surface area contributed by atoms with Crippen molar-refractivity contribution in [2.45, 2.75) is 20.0 Å². The number of piperazine rings is 1. The molecule has 2 aromatic carbocycles. The maximum atomic E-state index is 10.3. The SMILES string of the molecule is Cc1ccc(OCC(O)CN2CCN(c3ccccc3)CC2)c(C)c1.[Cl-].[Cl-]. The zero-order chi connectivity index (χ0) is 17.6. The first-order valence-corrected chi connectivity index (χ1v) is 9.02. The zero-order valence-corrected chi connectivity index (χ0v) is 17.5. The quantitative estimate of drug-likeness (QED) is 0.546. The van der Waals surface area contributed by atoms with E-state index in [2.05, 4.69) is 47.1 Å². The molecule has 1 aliphatic heterocycles. The van der Waals surface area contributed by atoms with Gasteiger partial charge in [0, 0.05) is 38.4 Å². The Kier molecular flexibility index (Phi) is 9.95. The van der Waals surface area contributed by atoms with Crippen LogP contribution in [0.3, 0.4) is 0 Å². The normalized spacial score (nSPS) is 15.4. The van der Waals surface area contributed by atoms with Gasteiger partial charge in [0.05, 0.1) is 0 Å². The molecule has 0 radical (unpaired) electrons. The number of benzene rings is 2. The molecule has 1 atom stereocenters. The van der Waals surface area contributed by atoms with Crippen LogP contribution in [-0.2, 0) is 0 Å². The summed E-state index contributed by atoms with van der Waals surface area (Å²) < 4.78 is 5.80. The molecule has 2 aromatic rings. The zero-order valence-electron chi connectivity index (χ0n) is 15.9. The number of hydrogen-bond acceptors (Lipinski definition) is 4. The van der Waals surface area contributed by atoms with Crippen LogP contribution in [0.15, 0.2) is 48.5 Å². The van der Waals surface area contributed by atoms with Crippen molar-refractivity contribution in [2.75, 3.05) is 44.2 Å². The number of halogens is 2. The number of hydrogen-bond donors (Lipinski definition) is 1. The minimum Gasteiger partial charge on any atom is -1.00 e. The van der Waals surface area contributed by atoms with E-state index in [0.717, 1.165) is 37.5 Å². The van der Waals surface area contributed by atoms with Crippen LogP contribution in [0.5, 0.6) is 5.75 Å². The van der Waals surface area contributed by atoms with E-state index in [1.54, 1.807) is 0 Å². The molecule has 1 fully saturated rings. The summed E-state index contributed by atoms with van der Waals surface area (Å²) >= 11 is 0. The molecular formula is C21H28Cl2N2O2-2. The summed E-state index contributed by atoms with van der Waals surface area (Å²) in [5.41, 5.74) is 3.62.